The molecular weight excluding hydrogens is 436 g/mol. The van der Waals surface area contributed by atoms with Crippen molar-refractivity contribution in [1.29, 1.82) is 0 Å². The quantitative estimate of drug-likeness (QED) is 0.497. The lowest BCUT2D eigenvalue weighted by Crippen LogP contribution is -2.50. The number of carbonyl (C=O) groups is 3. The summed E-state index contributed by atoms with van der Waals surface area (Å²) in [6.07, 6.45) is 1.46. The summed E-state index contributed by atoms with van der Waals surface area (Å²) in [6.45, 7) is 0.0906. The van der Waals surface area contributed by atoms with Crippen LogP contribution in [0.15, 0.2) is 84.6 Å². The van der Waals surface area contributed by atoms with E-state index in [0.717, 1.165) is 0 Å². The molecule has 0 aromatic heterocycles. The van der Waals surface area contributed by atoms with Crippen LogP contribution in [0.3, 0.4) is 0 Å². The minimum atomic E-state index is -1.44. The second-order valence-corrected chi connectivity index (χ2v) is 7.53. The van der Waals surface area contributed by atoms with Crippen molar-refractivity contribution in [1.82, 2.24) is 10.6 Å². The van der Waals surface area contributed by atoms with E-state index in [9.17, 15) is 19.5 Å². The summed E-state index contributed by atoms with van der Waals surface area (Å²) < 4.78 is 10.7. The summed E-state index contributed by atoms with van der Waals surface area (Å²) in [4.78, 5) is 37.6. The number of amides is 2. The van der Waals surface area contributed by atoms with E-state index in [-0.39, 0.29) is 18.9 Å². The Morgan fingerprint density at radius 3 is 2.29 bits per heavy atom. The molecule has 2 N–H and O–H groups in total. The average molecular weight is 457 g/mol. The van der Waals surface area contributed by atoms with Crippen LogP contribution in [0, 0.1) is 0 Å². The smallest absolute Gasteiger partial charge is 0.268 e. The van der Waals surface area contributed by atoms with E-state index < -0.39 is 23.8 Å². The van der Waals surface area contributed by atoms with Crippen LogP contribution in [0.25, 0.3) is 6.08 Å². The number of ether oxygens (including phenoxy) is 2. The summed E-state index contributed by atoms with van der Waals surface area (Å²) in [7, 11) is 0. The van der Waals surface area contributed by atoms with Crippen molar-refractivity contribution in [3.8, 4) is 11.5 Å². The molecular formula is C26H21N2O6-. The van der Waals surface area contributed by atoms with Crippen molar-refractivity contribution in [3.63, 3.8) is 0 Å². The van der Waals surface area contributed by atoms with Gasteiger partial charge in [0.2, 0.25) is 6.79 Å². The van der Waals surface area contributed by atoms with Crippen molar-refractivity contribution in [2.45, 2.75) is 12.5 Å². The topological polar surface area (TPSA) is 117 Å². The molecule has 3 aromatic carbocycles. The van der Waals surface area contributed by atoms with Gasteiger partial charge >= 0.3 is 0 Å². The SMILES string of the molecule is O=C(N[C@@H](Cc1ccccc1)C(=O)[O-])/C(=C/c1ccc2c(c1)OCO2)NC(=O)c1ccccc1. The van der Waals surface area contributed by atoms with Gasteiger partial charge in [0.05, 0.1) is 12.0 Å². The minimum absolute atomic E-state index is 0.0266. The fraction of sp³-hybridized carbons (Fsp3) is 0.115. The molecule has 8 nitrogen and oxygen atoms in total. The minimum Gasteiger partial charge on any atom is -0.548 e. The lowest BCUT2D eigenvalue weighted by molar-refractivity contribution is -0.308. The van der Waals surface area contributed by atoms with Gasteiger partial charge in [-0.2, -0.15) is 0 Å². The fourth-order valence-electron chi connectivity index (χ4n) is 3.39. The molecule has 1 atom stereocenters. The van der Waals surface area contributed by atoms with Crippen LogP contribution < -0.4 is 25.2 Å². The van der Waals surface area contributed by atoms with E-state index in [1.165, 1.54) is 6.08 Å². The molecule has 34 heavy (non-hydrogen) atoms. The van der Waals surface area contributed by atoms with Gasteiger partial charge in [0.25, 0.3) is 11.8 Å². The van der Waals surface area contributed by atoms with Crippen LogP contribution >= 0.6 is 0 Å². The summed E-state index contributed by atoms with van der Waals surface area (Å²) in [5.74, 6) is -1.66. The van der Waals surface area contributed by atoms with E-state index in [0.29, 0.717) is 28.2 Å². The van der Waals surface area contributed by atoms with Crippen LogP contribution in [-0.2, 0) is 16.0 Å². The van der Waals surface area contributed by atoms with Gasteiger partial charge in [-0.15, -0.1) is 0 Å². The molecule has 0 saturated heterocycles. The highest BCUT2D eigenvalue weighted by Crippen LogP contribution is 2.33. The third-order valence-electron chi connectivity index (χ3n) is 5.11. The van der Waals surface area contributed by atoms with Gasteiger partial charge in [-0.25, -0.2) is 0 Å². The number of hydrogen-bond acceptors (Lipinski definition) is 6. The first-order valence-electron chi connectivity index (χ1n) is 10.5. The Kier molecular flexibility index (Phi) is 6.88. The zero-order valence-electron chi connectivity index (χ0n) is 18.0. The lowest BCUT2D eigenvalue weighted by Gasteiger charge is -2.21. The highest BCUT2D eigenvalue weighted by Gasteiger charge is 2.20. The predicted molar refractivity (Wildman–Crippen MR) is 122 cm³/mol. The average Bonchev–Trinajstić information content (AvgIpc) is 3.32. The Morgan fingerprint density at radius 2 is 1.59 bits per heavy atom. The number of carboxylic acid groups (broad SMARTS) is 1. The zero-order valence-corrected chi connectivity index (χ0v) is 18.0. The van der Waals surface area contributed by atoms with Gasteiger partial charge in [0, 0.05) is 5.56 Å². The number of nitrogens with one attached hydrogen (secondary N) is 2. The number of hydrogen-bond donors (Lipinski definition) is 2. The summed E-state index contributed by atoms with van der Waals surface area (Å²) >= 11 is 0. The molecule has 1 aliphatic heterocycles. The maximum atomic E-state index is 13.1. The van der Waals surface area contributed by atoms with Gasteiger partial charge in [-0.3, -0.25) is 9.59 Å². The van der Waals surface area contributed by atoms with E-state index in [2.05, 4.69) is 10.6 Å². The van der Waals surface area contributed by atoms with Crippen molar-refractivity contribution in [2.24, 2.45) is 0 Å². The van der Waals surface area contributed by atoms with Gasteiger partial charge < -0.3 is 30.0 Å². The molecule has 0 aliphatic carbocycles. The molecule has 3 aromatic rings. The first-order chi connectivity index (χ1) is 16.5. The van der Waals surface area contributed by atoms with E-state index in [1.807, 2.05) is 0 Å². The zero-order chi connectivity index (χ0) is 23.9. The Balaban J connectivity index is 1.60. The third-order valence-corrected chi connectivity index (χ3v) is 5.11. The molecule has 0 radical (unpaired) electrons. The standard InChI is InChI=1S/C26H22N2O6/c29-24(19-9-5-2-6-10-19)27-20(14-18-11-12-22-23(15-18)34-16-33-22)25(30)28-21(26(31)32)13-17-7-3-1-4-8-17/h1-12,14-15,21H,13,16H2,(H,27,29)(H,28,30)(H,31,32)/p-1/b20-14-/t21-/m0/s1. The summed E-state index contributed by atoms with van der Waals surface area (Å²) in [6, 6.07) is 20.9. The van der Waals surface area contributed by atoms with Gasteiger partial charge in [-0.1, -0.05) is 54.6 Å². The maximum absolute atomic E-state index is 13.1. The Hall–Kier alpha value is -4.59. The summed E-state index contributed by atoms with van der Waals surface area (Å²) in [5.41, 5.74) is 1.47. The van der Waals surface area contributed by atoms with Crippen molar-refractivity contribution in [3.05, 3.63) is 101 Å². The van der Waals surface area contributed by atoms with Crippen molar-refractivity contribution >= 4 is 23.9 Å². The molecule has 172 valence electrons. The monoisotopic (exact) mass is 457 g/mol. The molecule has 0 unspecified atom stereocenters. The number of aliphatic carboxylic acids is 1. The van der Waals surface area contributed by atoms with Crippen LogP contribution in [-0.4, -0.2) is 30.6 Å². The molecule has 2 amide bonds. The number of carboxylic acids is 1. The summed E-state index contributed by atoms with van der Waals surface area (Å²) in [5, 5.41) is 16.8. The fourth-order valence-corrected chi connectivity index (χ4v) is 3.39. The van der Waals surface area contributed by atoms with E-state index in [1.54, 1.807) is 78.9 Å². The number of fused-ring (bicyclic) bond motifs is 1. The molecule has 0 spiro atoms. The first kappa shape index (κ1) is 22.6. The molecule has 4 rings (SSSR count). The highest BCUT2D eigenvalue weighted by molar-refractivity contribution is 6.06. The van der Waals surface area contributed by atoms with Crippen LogP contribution in [0.4, 0.5) is 0 Å². The second kappa shape index (κ2) is 10.4. The molecule has 0 fully saturated rings. The lowest BCUT2D eigenvalue weighted by atomic mass is 10.1. The highest BCUT2D eigenvalue weighted by atomic mass is 16.7. The van der Waals surface area contributed by atoms with E-state index >= 15 is 0 Å². The largest absolute Gasteiger partial charge is 0.548 e. The predicted octanol–water partition coefficient (Wildman–Crippen LogP) is 1.66. The first-order valence-corrected chi connectivity index (χ1v) is 10.5. The van der Waals surface area contributed by atoms with E-state index in [4.69, 9.17) is 9.47 Å². The van der Waals surface area contributed by atoms with Gasteiger partial charge in [-0.05, 0) is 47.9 Å². The molecule has 1 heterocycles. The Labute approximate surface area is 195 Å². The number of rotatable bonds is 8. The Morgan fingerprint density at radius 1 is 0.912 bits per heavy atom. The van der Waals surface area contributed by atoms with Gasteiger partial charge in [0.1, 0.15) is 5.70 Å². The van der Waals surface area contributed by atoms with Crippen molar-refractivity contribution in [2.75, 3.05) is 6.79 Å². The number of benzene rings is 3. The van der Waals surface area contributed by atoms with Gasteiger partial charge in [0.15, 0.2) is 11.5 Å². The van der Waals surface area contributed by atoms with Crippen LogP contribution in [0.2, 0.25) is 0 Å². The maximum Gasteiger partial charge on any atom is 0.268 e. The molecule has 8 heteroatoms. The second-order valence-electron chi connectivity index (χ2n) is 7.53. The Bertz CT molecular complexity index is 1220. The van der Waals surface area contributed by atoms with Crippen LogP contribution in [0.1, 0.15) is 21.5 Å². The van der Waals surface area contributed by atoms with Crippen molar-refractivity contribution < 1.29 is 29.0 Å². The molecule has 1 aliphatic rings. The normalized spacial score (nSPS) is 13.1. The van der Waals surface area contributed by atoms with Crippen LogP contribution in [0.5, 0.6) is 11.5 Å². The molecule has 0 saturated carbocycles. The third kappa shape index (κ3) is 5.60. The molecule has 0 bridgehead atoms. The number of carbonyl (C=O) groups excluding carboxylic acids is 3.